The summed E-state index contributed by atoms with van der Waals surface area (Å²) in [6, 6.07) is 0.187. The molecule has 2 atom stereocenters. The zero-order valence-corrected chi connectivity index (χ0v) is 10.0. The molecule has 3 nitrogen and oxygen atoms in total. The Morgan fingerprint density at radius 1 is 1.33 bits per heavy atom. The van der Waals surface area contributed by atoms with E-state index >= 15 is 0 Å². The van der Waals surface area contributed by atoms with Crippen LogP contribution in [0, 0.1) is 5.41 Å². The number of nitrogens with zero attached hydrogens (tertiary/aromatic N) is 1. The van der Waals surface area contributed by atoms with Crippen molar-refractivity contribution in [1.82, 2.24) is 4.90 Å². The molecule has 0 spiro atoms. The number of β-amino-alcohol motifs (C(OH)–C–C–N with tert-alkyl or cyclic N) is 1. The van der Waals surface area contributed by atoms with Crippen LogP contribution in [0.5, 0.6) is 0 Å². The lowest BCUT2D eigenvalue weighted by Crippen LogP contribution is -2.44. The predicted octanol–water partition coefficient (Wildman–Crippen LogP) is 0.993. The van der Waals surface area contributed by atoms with Gasteiger partial charge in [0.05, 0.1) is 11.7 Å². The van der Waals surface area contributed by atoms with Gasteiger partial charge in [0, 0.05) is 19.1 Å². The maximum Gasteiger partial charge on any atom is 0.0805 e. The van der Waals surface area contributed by atoms with Crippen molar-refractivity contribution in [1.29, 1.82) is 0 Å². The van der Waals surface area contributed by atoms with Gasteiger partial charge < -0.3 is 10.2 Å². The lowest BCUT2D eigenvalue weighted by atomic mass is 9.95. The highest BCUT2D eigenvalue weighted by Gasteiger charge is 2.53. The SMILES string of the molecule is CC(C)(C)CN1CC(O)CC1C1(O)CC1. The standard InChI is InChI=1S/C12H23NO2/c1-11(2,3)8-13-7-9(14)6-10(13)12(15)4-5-12/h9-10,14-15H,4-8H2,1-3H3. The molecule has 2 unspecified atom stereocenters. The van der Waals surface area contributed by atoms with Crippen LogP contribution in [-0.2, 0) is 0 Å². The molecule has 2 N–H and O–H groups in total. The smallest absolute Gasteiger partial charge is 0.0805 e. The first kappa shape index (κ1) is 11.4. The topological polar surface area (TPSA) is 43.7 Å². The molecule has 2 rings (SSSR count). The molecular weight excluding hydrogens is 190 g/mol. The average molecular weight is 213 g/mol. The normalized spacial score (nSPS) is 35.8. The number of likely N-dealkylation sites (tertiary alicyclic amines) is 1. The van der Waals surface area contributed by atoms with Crippen LogP contribution in [0.3, 0.4) is 0 Å². The van der Waals surface area contributed by atoms with E-state index in [1.165, 1.54) is 0 Å². The first-order valence-corrected chi connectivity index (χ1v) is 5.95. The molecule has 1 heterocycles. The van der Waals surface area contributed by atoms with Crippen molar-refractivity contribution in [3.05, 3.63) is 0 Å². The van der Waals surface area contributed by atoms with Crippen LogP contribution in [-0.4, -0.2) is 45.9 Å². The Morgan fingerprint density at radius 3 is 2.40 bits per heavy atom. The van der Waals surface area contributed by atoms with Crippen LogP contribution in [0.1, 0.15) is 40.0 Å². The number of aliphatic hydroxyl groups is 2. The van der Waals surface area contributed by atoms with Gasteiger partial charge in [-0.25, -0.2) is 0 Å². The van der Waals surface area contributed by atoms with E-state index in [1.807, 2.05) is 0 Å². The third-order valence-electron chi connectivity index (χ3n) is 3.44. The van der Waals surface area contributed by atoms with Crippen molar-refractivity contribution < 1.29 is 10.2 Å². The zero-order chi connectivity index (χ0) is 11.3. The van der Waals surface area contributed by atoms with Crippen LogP contribution < -0.4 is 0 Å². The van der Waals surface area contributed by atoms with Crippen LogP contribution in [0.15, 0.2) is 0 Å². The Morgan fingerprint density at radius 2 is 1.93 bits per heavy atom. The van der Waals surface area contributed by atoms with E-state index in [4.69, 9.17) is 0 Å². The van der Waals surface area contributed by atoms with Crippen molar-refractivity contribution in [3.8, 4) is 0 Å². The summed E-state index contributed by atoms with van der Waals surface area (Å²) in [5.74, 6) is 0. The molecule has 0 amide bonds. The summed E-state index contributed by atoms with van der Waals surface area (Å²) in [5, 5.41) is 19.9. The first-order valence-electron chi connectivity index (χ1n) is 5.95. The van der Waals surface area contributed by atoms with Gasteiger partial charge in [0.15, 0.2) is 0 Å². The van der Waals surface area contributed by atoms with Gasteiger partial charge in [-0.3, -0.25) is 4.90 Å². The quantitative estimate of drug-likeness (QED) is 0.719. The Bertz CT molecular complexity index is 242. The molecule has 88 valence electrons. The second kappa shape index (κ2) is 3.44. The van der Waals surface area contributed by atoms with Crippen LogP contribution in [0.4, 0.5) is 0 Å². The number of hydrogen-bond acceptors (Lipinski definition) is 3. The van der Waals surface area contributed by atoms with E-state index < -0.39 is 5.60 Å². The molecular formula is C12H23NO2. The number of hydrogen-bond donors (Lipinski definition) is 2. The van der Waals surface area contributed by atoms with Gasteiger partial charge in [-0.05, 0) is 24.7 Å². The van der Waals surface area contributed by atoms with E-state index in [2.05, 4.69) is 25.7 Å². The molecule has 0 aromatic rings. The average Bonchev–Trinajstić information content (AvgIpc) is 2.67. The van der Waals surface area contributed by atoms with Crippen LogP contribution >= 0.6 is 0 Å². The molecule has 1 aliphatic heterocycles. The molecule has 15 heavy (non-hydrogen) atoms. The Labute approximate surface area is 92.1 Å². The van der Waals surface area contributed by atoms with E-state index in [9.17, 15) is 10.2 Å². The first-order chi connectivity index (χ1) is 6.80. The largest absolute Gasteiger partial charge is 0.392 e. The van der Waals surface area contributed by atoms with Gasteiger partial charge >= 0.3 is 0 Å². The molecule has 1 aliphatic carbocycles. The van der Waals surface area contributed by atoms with Gasteiger partial charge in [-0.15, -0.1) is 0 Å². The maximum absolute atomic E-state index is 10.2. The van der Waals surface area contributed by atoms with Gasteiger partial charge in [0.1, 0.15) is 0 Å². The number of aliphatic hydroxyl groups excluding tert-OH is 1. The second-order valence-electron chi connectivity index (χ2n) is 6.50. The van der Waals surface area contributed by atoms with Crippen LogP contribution in [0.25, 0.3) is 0 Å². The monoisotopic (exact) mass is 213 g/mol. The fraction of sp³-hybridized carbons (Fsp3) is 1.00. The van der Waals surface area contributed by atoms with Crippen molar-refractivity contribution in [2.24, 2.45) is 5.41 Å². The molecule has 1 saturated heterocycles. The Kier molecular flexibility index (Phi) is 2.61. The molecule has 1 saturated carbocycles. The summed E-state index contributed by atoms with van der Waals surface area (Å²) in [4.78, 5) is 2.28. The molecule has 2 fully saturated rings. The van der Waals surface area contributed by atoms with E-state index in [0.717, 1.165) is 32.4 Å². The fourth-order valence-electron chi connectivity index (χ4n) is 2.68. The Balaban J connectivity index is 2.02. The molecule has 0 bridgehead atoms. The van der Waals surface area contributed by atoms with Gasteiger partial charge in [0.2, 0.25) is 0 Å². The third kappa shape index (κ3) is 2.52. The highest BCUT2D eigenvalue weighted by atomic mass is 16.3. The molecule has 2 aliphatic rings. The minimum Gasteiger partial charge on any atom is -0.392 e. The summed E-state index contributed by atoms with van der Waals surface area (Å²) in [7, 11) is 0. The molecule has 0 aromatic carbocycles. The minimum atomic E-state index is -0.483. The molecule has 3 heteroatoms. The van der Waals surface area contributed by atoms with Crippen molar-refractivity contribution in [3.63, 3.8) is 0 Å². The van der Waals surface area contributed by atoms with Crippen molar-refractivity contribution in [2.75, 3.05) is 13.1 Å². The summed E-state index contributed by atoms with van der Waals surface area (Å²) < 4.78 is 0. The fourth-order valence-corrected chi connectivity index (χ4v) is 2.68. The second-order valence-corrected chi connectivity index (χ2v) is 6.50. The highest BCUT2D eigenvalue weighted by molar-refractivity contribution is 5.08. The summed E-state index contributed by atoms with van der Waals surface area (Å²) in [5.41, 5.74) is -0.254. The molecule has 0 aromatic heterocycles. The minimum absolute atomic E-state index is 0.187. The third-order valence-corrected chi connectivity index (χ3v) is 3.44. The van der Waals surface area contributed by atoms with E-state index in [0.29, 0.717) is 0 Å². The van der Waals surface area contributed by atoms with Gasteiger partial charge in [-0.2, -0.15) is 0 Å². The lowest BCUT2D eigenvalue weighted by molar-refractivity contribution is 0.0374. The van der Waals surface area contributed by atoms with E-state index in [-0.39, 0.29) is 17.6 Å². The van der Waals surface area contributed by atoms with Crippen molar-refractivity contribution in [2.45, 2.75) is 57.8 Å². The Hall–Kier alpha value is -0.120. The summed E-state index contributed by atoms with van der Waals surface area (Å²) in [6.45, 7) is 8.28. The molecule has 0 radical (unpaired) electrons. The number of rotatable bonds is 2. The predicted molar refractivity (Wildman–Crippen MR) is 59.6 cm³/mol. The van der Waals surface area contributed by atoms with Gasteiger partial charge in [-0.1, -0.05) is 20.8 Å². The van der Waals surface area contributed by atoms with E-state index in [1.54, 1.807) is 0 Å². The maximum atomic E-state index is 10.2. The van der Waals surface area contributed by atoms with Crippen LogP contribution in [0.2, 0.25) is 0 Å². The lowest BCUT2D eigenvalue weighted by Gasteiger charge is -2.33. The zero-order valence-electron chi connectivity index (χ0n) is 10.0. The highest BCUT2D eigenvalue weighted by Crippen LogP contribution is 2.45. The summed E-state index contributed by atoms with van der Waals surface area (Å²) >= 11 is 0. The summed E-state index contributed by atoms with van der Waals surface area (Å²) in [6.07, 6.45) is 2.31. The van der Waals surface area contributed by atoms with Gasteiger partial charge in [0.25, 0.3) is 0 Å². The van der Waals surface area contributed by atoms with Crippen molar-refractivity contribution >= 4 is 0 Å².